The number of aromatic nitrogens is 4. The van der Waals surface area contributed by atoms with Gasteiger partial charge < -0.3 is 9.47 Å². The van der Waals surface area contributed by atoms with Crippen LogP contribution in [0, 0.1) is 11.6 Å². The molecule has 0 radical (unpaired) electrons. The van der Waals surface area contributed by atoms with Crippen molar-refractivity contribution in [3.63, 3.8) is 0 Å². The summed E-state index contributed by atoms with van der Waals surface area (Å²) in [5.41, 5.74) is 3.78. The molecule has 0 aliphatic carbocycles. The van der Waals surface area contributed by atoms with Crippen LogP contribution in [0.25, 0.3) is 27.7 Å². The fourth-order valence-electron chi connectivity index (χ4n) is 4.10. The second kappa shape index (κ2) is 9.28. The molecule has 1 aliphatic rings. The molecule has 3 aromatic heterocycles. The molecule has 1 N–H and O–H groups in total. The van der Waals surface area contributed by atoms with E-state index in [1.165, 1.54) is 19.4 Å². The Morgan fingerprint density at radius 3 is 2.61 bits per heavy atom. The number of nitrogens with zero attached hydrogens (tertiary/aromatic N) is 4. The van der Waals surface area contributed by atoms with Crippen LogP contribution in [-0.2, 0) is 21.8 Å². The molecule has 1 aliphatic heterocycles. The lowest BCUT2D eigenvalue weighted by atomic mass is 10.0. The predicted molar refractivity (Wildman–Crippen MR) is 129 cm³/mol. The first-order valence-corrected chi connectivity index (χ1v) is 12.4. The van der Waals surface area contributed by atoms with E-state index in [0.29, 0.717) is 36.1 Å². The van der Waals surface area contributed by atoms with E-state index in [0.717, 1.165) is 35.2 Å². The van der Waals surface area contributed by atoms with E-state index < -0.39 is 26.6 Å². The van der Waals surface area contributed by atoms with Crippen molar-refractivity contribution in [3.8, 4) is 17.0 Å². The Morgan fingerprint density at radius 1 is 1.11 bits per heavy atom. The quantitative estimate of drug-likeness (QED) is 0.416. The molecule has 9 nitrogen and oxygen atoms in total. The molecule has 5 rings (SSSR count). The molecule has 0 fully saturated rings. The van der Waals surface area contributed by atoms with Gasteiger partial charge in [-0.25, -0.2) is 27.2 Å². The van der Waals surface area contributed by atoms with Gasteiger partial charge in [0.2, 0.25) is 5.88 Å². The third-order valence-electron chi connectivity index (χ3n) is 5.76. The average Bonchev–Trinajstić information content (AvgIpc) is 3.19. The van der Waals surface area contributed by atoms with Crippen molar-refractivity contribution in [3.05, 3.63) is 66.1 Å². The normalized spacial score (nSPS) is 14.1. The van der Waals surface area contributed by atoms with Gasteiger partial charge in [-0.2, -0.15) is 5.10 Å². The fourth-order valence-corrected chi connectivity index (χ4v) is 5.21. The number of aryl methyl sites for hydroxylation is 1. The highest BCUT2D eigenvalue weighted by atomic mass is 32.2. The zero-order valence-electron chi connectivity index (χ0n) is 19.3. The summed E-state index contributed by atoms with van der Waals surface area (Å²) in [5.74, 6) is -2.12. The van der Waals surface area contributed by atoms with Gasteiger partial charge in [-0.1, -0.05) is 6.08 Å². The molecule has 12 heteroatoms. The van der Waals surface area contributed by atoms with Gasteiger partial charge in [0.1, 0.15) is 22.2 Å². The van der Waals surface area contributed by atoms with Gasteiger partial charge in [-0.3, -0.25) is 9.40 Å². The predicted octanol–water partition coefficient (Wildman–Crippen LogP) is 3.92. The summed E-state index contributed by atoms with van der Waals surface area (Å²) < 4.78 is 67.9. The molecule has 0 saturated carbocycles. The number of rotatable bonds is 6. The lowest BCUT2D eigenvalue weighted by Crippen LogP contribution is -2.15. The van der Waals surface area contributed by atoms with Crippen LogP contribution in [0.15, 0.2) is 53.7 Å². The zero-order valence-corrected chi connectivity index (χ0v) is 20.1. The molecule has 1 aromatic carbocycles. The highest BCUT2D eigenvalue weighted by Crippen LogP contribution is 2.34. The smallest absolute Gasteiger partial charge is 0.264 e. The van der Waals surface area contributed by atoms with Crippen molar-refractivity contribution in [1.29, 1.82) is 0 Å². The number of methoxy groups -OCH3 is 1. The lowest BCUT2D eigenvalue weighted by Gasteiger charge is -2.14. The van der Waals surface area contributed by atoms with Gasteiger partial charge >= 0.3 is 0 Å². The number of pyridine rings is 2. The second-order valence-corrected chi connectivity index (χ2v) is 9.73. The van der Waals surface area contributed by atoms with E-state index in [4.69, 9.17) is 9.47 Å². The minimum atomic E-state index is -4.40. The number of ether oxygens (including phenoxy) is 2. The summed E-state index contributed by atoms with van der Waals surface area (Å²) >= 11 is 0. The number of sulfonamides is 1. The van der Waals surface area contributed by atoms with Crippen molar-refractivity contribution < 1.29 is 26.7 Å². The maximum atomic E-state index is 14.2. The van der Waals surface area contributed by atoms with Crippen molar-refractivity contribution in [2.45, 2.75) is 11.3 Å². The molecule has 0 unspecified atom stereocenters. The van der Waals surface area contributed by atoms with Crippen molar-refractivity contribution in [2.24, 2.45) is 7.05 Å². The first kappa shape index (κ1) is 23.8. The molecule has 0 bridgehead atoms. The molecule has 0 saturated heterocycles. The number of fused-ring (bicyclic) bond motifs is 1. The fraction of sp³-hybridized carbons (Fsp3) is 0.208. The van der Waals surface area contributed by atoms with Gasteiger partial charge in [-0.05, 0) is 36.3 Å². The monoisotopic (exact) mass is 513 g/mol. The van der Waals surface area contributed by atoms with Gasteiger partial charge in [0, 0.05) is 42.0 Å². The van der Waals surface area contributed by atoms with E-state index in [9.17, 15) is 17.2 Å². The van der Waals surface area contributed by atoms with Gasteiger partial charge in [0.05, 0.1) is 26.0 Å². The van der Waals surface area contributed by atoms with Crippen LogP contribution in [0.3, 0.4) is 0 Å². The maximum Gasteiger partial charge on any atom is 0.264 e. The van der Waals surface area contributed by atoms with E-state index in [2.05, 4.69) is 19.8 Å². The molecule has 4 aromatic rings. The van der Waals surface area contributed by atoms with E-state index in [1.54, 1.807) is 10.9 Å². The van der Waals surface area contributed by atoms with Gasteiger partial charge in [-0.15, -0.1) is 0 Å². The van der Waals surface area contributed by atoms with Crippen molar-refractivity contribution >= 4 is 32.3 Å². The van der Waals surface area contributed by atoms with Crippen LogP contribution in [0.2, 0.25) is 0 Å². The van der Waals surface area contributed by atoms with Crippen molar-refractivity contribution in [2.75, 3.05) is 25.0 Å². The maximum absolute atomic E-state index is 14.2. The Hall–Kier alpha value is -3.90. The minimum Gasteiger partial charge on any atom is -0.480 e. The molecule has 36 heavy (non-hydrogen) atoms. The number of halogens is 2. The highest BCUT2D eigenvalue weighted by Gasteiger charge is 2.23. The molecule has 0 spiro atoms. The van der Waals surface area contributed by atoms with Crippen LogP contribution < -0.4 is 9.46 Å². The molecule has 186 valence electrons. The second-order valence-electron chi connectivity index (χ2n) is 8.08. The van der Waals surface area contributed by atoms with Gasteiger partial charge in [0.15, 0.2) is 5.65 Å². The summed E-state index contributed by atoms with van der Waals surface area (Å²) in [6, 6.07) is 5.63. The molecular formula is C24H21F2N5O4S. The number of hydrogen-bond donors (Lipinski definition) is 1. The Morgan fingerprint density at radius 2 is 1.89 bits per heavy atom. The van der Waals surface area contributed by atoms with Crippen LogP contribution in [-0.4, -0.2) is 48.5 Å². The van der Waals surface area contributed by atoms with Crippen molar-refractivity contribution in [1.82, 2.24) is 19.7 Å². The standard InChI is InChI=1S/C24H21F2N5O4S/c1-31-22(14-5-7-35-8-6-14)18-9-15(12-27-23(18)29-31)16-10-20(24(34-2)28-13-16)30-36(32,33)21-4-3-17(25)11-19(21)26/h3-5,9-13,30H,6-8H2,1-2H3. The Bertz CT molecular complexity index is 1620. The minimum absolute atomic E-state index is 0.0163. The largest absolute Gasteiger partial charge is 0.480 e. The third kappa shape index (κ3) is 4.40. The zero-order chi connectivity index (χ0) is 25.4. The number of hydrogen-bond acceptors (Lipinski definition) is 7. The van der Waals surface area contributed by atoms with E-state index in [-0.39, 0.29) is 11.6 Å². The summed E-state index contributed by atoms with van der Waals surface area (Å²) in [6.45, 7) is 1.14. The number of nitrogens with one attached hydrogen (secondary N) is 1. The van der Waals surface area contributed by atoms with E-state index in [1.807, 2.05) is 19.2 Å². The number of benzene rings is 1. The lowest BCUT2D eigenvalue weighted by molar-refractivity contribution is 0.161. The van der Waals surface area contributed by atoms with Gasteiger partial charge in [0.25, 0.3) is 10.0 Å². The first-order chi connectivity index (χ1) is 17.3. The Labute approximate surface area is 205 Å². The van der Waals surface area contributed by atoms with Crippen LogP contribution in [0.4, 0.5) is 14.5 Å². The summed E-state index contributed by atoms with van der Waals surface area (Å²) in [4.78, 5) is 7.98. The third-order valence-corrected chi connectivity index (χ3v) is 7.16. The molecule has 0 atom stereocenters. The van der Waals surface area contributed by atoms with Crippen LogP contribution in [0.1, 0.15) is 12.1 Å². The van der Waals surface area contributed by atoms with Crippen LogP contribution >= 0.6 is 0 Å². The summed E-state index contributed by atoms with van der Waals surface area (Å²) in [5, 5.41) is 5.33. The molecule has 0 amide bonds. The van der Waals surface area contributed by atoms with Crippen LogP contribution in [0.5, 0.6) is 5.88 Å². The first-order valence-electron chi connectivity index (χ1n) is 10.9. The summed E-state index contributed by atoms with van der Waals surface area (Å²) in [7, 11) is -1.23. The summed E-state index contributed by atoms with van der Waals surface area (Å²) in [6.07, 6.45) is 5.89. The number of anilines is 1. The molecular weight excluding hydrogens is 492 g/mol. The Kier molecular flexibility index (Phi) is 6.14. The van der Waals surface area contributed by atoms with E-state index >= 15 is 0 Å². The molecule has 4 heterocycles. The SMILES string of the molecule is COc1ncc(-c2cnc3nn(C)c(C4=CCOCC4)c3c2)cc1NS(=O)(=O)c1ccc(F)cc1F. The Balaban J connectivity index is 1.56. The topological polar surface area (TPSA) is 108 Å². The average molecular weight is 514 g/mol. The highest BCUT2D eigenvalue weighted by molar-refractivity contribution is 7.92.